The van der Waals surface area contributed by atoms with E-state index in [4.69, 9.17) is 4.42 Å². The number of thioether (sulfide) groups is 1. The summed E-state index contributed by atoms with van der Waals surface area (Å²) in [7, 11) is 0. The van der Waals surface area contributed by atoms with Gasteiger partial charge in [0.15, 0.2) is 0 Å². The van der Waals surface area contributed by atoms with Gasteiger partial charge in [0, 0.05) is 5.39 Å². The fourth-order valence-electron chi connectivity index (χ4n) is 2.57. The molecular formula is C17H25NOS. The van der Waals surface area contributed by atoms with Crippen molar-refractivity contribution in [1.82, 2.24) is 5.32 Å². The molecule has 110 valence electrons. The molecule has 0 fully saturated rings. The smallest absolute Gasteiger partial charge is 0.134 e. The number of unbranched alkanes of at least 4 members (excludes halogenated alkanes) is 2. The minimum absolute atomic E-state index is 0.281. The van der Waals surface area contributed by atoms with Crippen LogP contribution in [0.3, 0.4) is 0 Å². The second-order valence-corrected chi connectivity index (χ2v) is 6.30. The van der Waals surface area contributed by atoms with E-state index >= 15 is 0 Å². The third kappa shape index (κ3) is 3.80. The highest BCUT2D eigenvalue weighted by Crippen LogP contribution is 2.29. The monoisotopic (exact) mass is 291 g/mol. The number of furan rings is 1. The molecule has 1 unspecified atom stereocenters. The quantitative estimate of drug-likeness (QED) is 0.698. The fourth-order valence-corrected chi connectivity index (χ4v) is 3.06. The van der Waals surface area contributed by atoms with Gasteiger partial charge in [-0.05, 0) is 56.9 Å². The Bertz CT molecular complexity index is 535. The van der Waals surface area contributed by atoms with Crippen LogP contribution in [-0.4, -0.2) is 18.6 Å². The highest BCUT2D eigenvalue weighted by Gasteiger charge is 2.15. The highest BCUT2D eigenvalue weighted by atomic mass is 32.2. The first-order valence-electron chi connectivity index (χ1n) is 7.44. The van der Waals surface area contributed by atoms with Gasteiger partial charge in [-0.25, -0.2) is 0 Å². The number of nitrogens with one attached hydrogen (secondary N) is 1. The lowest BCUT2D eigenvalue weighted by Gasteiger charge is -2.12. The molecule has 0 aliphatic carbocycles. The molecule has 0 saturated heterocycles. The molecule has 0 aliphatic rings. The minimum atomic E-state index is 0.281. The molecule has 1 N–H and O–H groups in total. The van der Waals surface area contributed by atoms with E-state index in [9.17, 15) is 0 Å². The largest absolute Gasteiger partial charge is 0.459 e. The van der Waals surface area contributed by atoms with Crippen LogP contribution in [0.5, 0.6) is 0 Å². The van der Waals surface area contributed by atoms with Gasteiger partial charge in [0.05, 0.1) is 6.04 Å². The standard InChI is InChI=1S/C17H25NOS/c1-13-15-9-5-6-10-16(15)19-17(13)14(2)18-11-7-4-8-12-20-3/h5-6,9-10,14,18H,4,7-8,11-12H2,1-3H3. The van der Waals surface area contributed by atoms with Gasteiger partial charge in [-0.1, -0.05) is 24.6 Å². The Morgan fingerprint density at radius 3 is 2.75 bits per heavy atom. The van der Waals surface area contributed by atoms with Crippen LogP contribution < -0.4 is 5.32 Å². The number of para-hydroxylation sites is 1. The summed E-state index contributed by atoms with van der Waals surface area (Å²) in [6.45, 7) is 5.40. The maximum absolute atomic E-state index is 5.99. The van der Waals surface area contributed by atoms with Crippen LogP contribution in [0.1, 0.15) is 43.6 Å². The summed E-state index contributed by atoms with van der Waals surface area (Å²) in [6, 6.07) is 8.55. The lowest BCUT2D eigenvalue weighted by atomic mass is 10.1. The van der Waals surface area contributed by atoms with Gasteiger partial charge in [-0.2, -0.15) is 11.8 Å². The second-order valence-electron chi connectivity index (χ2n) is 5.32. The molecule has 2 aromatic rings. The Hall–Kier alpha value is -0.930. The summed E-state index contributed by atoms with van der Waals surface area (Å²) >= 11 is 1.93. The number of rotatable bonds is 8. The van der Waals surface area contributed by atoms with E-state index in [0.717, 1.165) is 17.9 Å². The van der Waals surface area contributed by atoms with E-state index in [1.165, 1.54) is 36.0 Å². The normalized spacial score (nSPS) is 12.9. The molecule has 1 aromatic heterocycles. The maximum atomic E-state index is 5.99. The van der Waals surface area contributed by atoms with Gasteiger partial charge >= 0.3 is 0 Å². The zero-order valence-electron chi connectivity index (χ0n) is 12.7. The molecule has 1 atom stereocenters. The molecule has 2 rings (SSSR count). The molecule has 0 spiro atoms. The lowest BCUT2D eigenvalue weighted by molar-refractivity contribution is 0.443. The van der Waals surface area contributed by atoms with Gasteiger partial charge in [-0.3, -0.25) is 0 Å². The molecule has 3 heteroatoms. The second kappa shape index (κ2) is 7.75. The first-order chi connectivity index (χ1) is 9.74. The van der Waals surface area contributed by atoms with Crippen molar-refractivity contribution in [2.75, 3.05) is 18.6 Å². The summed E-state index contributed by atoms with van der Waals surface area (Å²) in [5.41, 5.74) is 2.26. The Morgan fingerprint density at radius 2 is 2.00 bits per heavy atom. The maximum Gasteiger partial charge on any atom is 0.134 e. The van der Waals surface area contributed by atoms with Crippen LogP contribution in [0.2, 0.25) is 0 Å². The van der Waals surface area contributed by atoms with Crippen molar-refractivity contribution in [1.29, 1.82) is 0 Å². The van der Waals surface area contributed by atoms with Crippen molar-refractivity contribution in [2.24, 2.45) is 0 Å². The van der Waals surface area contributed by atoms with Crippen molar-refractivity contribution in [3.63, 3.8) is 0 Å². The van der Waals surface area contributed by atoms with E-state index in [-0.39, 0.29) is 6.04 Å². The van der Waals surface area contributed by atoms with E-state index in [1.54, 1.807) is 0 Å². The molecule has 20 heavy (non-hydrogen) atoms. The van der Waals surface area contributed by atoms with Crippen LogP contribution in [0.4, 0.5) is 0 Å². The Morgan fingerprint density at radius 1 is 1.20 bits per heavy atom. The average molecular weight is 291 g/mol. The topological polar surface area (TPSA) is 25.2 Å². The van der Waals surface area contributed by atoms with Crippen molar-refractivity contribution >= 4 is 22.7 Å². The number of benzene rings is 1. The Balaban J connectivity index is 1.88. The first kappa shape index (κ1) is 15.5. The summed E-state index contributed by atoms with van der Waals surface area (Å²) < 4.78 is 5.99. The highest BCUT2D eigenvalue weighted by molar-refractivity contribution is 7.98. The van der Waals surface area contributed by atoms with Gasteiger partial charge in [0.1, 0.15) is 11.3 Å². The predicted molar refractivity (Wildman–Crippen MR) is 89.6 cm³/mol. The Labute approximate surface area is 126 Å². The molecule has 0 bridgehead atoms. The molecule has 1 aromatic carbocycles. The van der Waals surface area contributed by atoms with E-state index < -0.39 is 0 Å². The zero-order valence-corrected chi connectivity index (χ0v) is 13.6. The number of hydrogen-bond donors (Lipinski definition) is 1. The van der Waals surface area contributed by atoms with Crippen molar-refractivity contribution in [3.05, 3.63) is 35.6 Å². The predicted octanol–water partition coefficient (Wildman–Crippen LogP) is 4.93. The lowest BCUT2D eigenvalue weighted by Crippen LogP contribution is -2.20. The third-order valence-corrected chi connectivity index (χ3v) is 4.45. The molecular weight excluding hydrogens is 266 g/mol. The van der Waals surface area contributed by atoms with Crippen LogP contribution >= 0.6 is 11.8 Å². The van der Waals surface area contributed by atoms with Gasteiger partial charge in [0.2, 0.25) is 0 Å². The SMILES string of the molecule is CSCCCCCNC(C)c1oc2ccccc2c1C. The third-order valence-electron chi connectivity index (χ3n) is 3.75. The molecule has 2 nitrogen and oxygen atoms in total. The Kier molecular flexibility index (Phi) is 5.99. The van der Waals surface area contributed by atoms with Gasteiger partial charge in [-0.15, -0.1) is 0 Å². The van der Waals surface area contributed by atoms with E-state index in [0.29, 0.717) is 0 Å². The summed E-state index contributed by atoms with van der Waals surface area (Å²) in [5, 5.41) is 4.81. The van der Waals surface area contributed by atoms with E-state index in [2.05, 4.69) is 37.6 Å². The van der Waals surface area contributed by atoms with Crippen LogP contribution in [0.15, 0.2) is 28.7 Å². The van der Waals surface area contributed by atoms with Crippen LogP contribution in [0, 0.1) is 6.92 Å². The molecule has 0 aliphatic heterocycles. The van der Waals surface area contributed by atoms with Crippen molar-refractivity contribution < 1.29 is 4.42 Å². The summed E-state index contributed by atoms with van der Waals surface area (Å²) in [5.74, 6) is 2.36. The van der Waals surface area contributed by atoms with Crippen molar-refractivity contribution in [3.8, 4) is 0 Å². The number of hydrogen-bond acceptors (Lipinski definition) is 3. The van der Waals surface area contributed by atoms with Crippen LogP contribution in [-0.2, 0) is 0 Å². The van der Waals surface area contributed by atoms with Gasteiger partial charge < -0.3 is 9.73 Å². The molecule has 0 saturated carbocycles. The number of aryl methyl sites for hydroxylation is 1. The summed E-state index contributed by atoms with van der Waals surface area (Å²) in [4.78, 5) is 0. The molecule has 0 amide bonds. The summed E-state index contributed by atoms with van der Waals surface area (Å²) in [6.07, 6.45) is 6.04. The first-order valence-corrected chi connectivity index (χ1v) is 8.83. The fraction of sp³-hybridized carbons (Fsp3) is 0.529. The van der Waals surface area contributed by atoms with Crippen molar-refractivity contribution in [2.45, 2.75) is 39.2 Å². The van der Waals surface area contributed by atoms with Gasteiger partial charge in [0.25, 0.3) is 0 Å². The zero-order chi connectivity index (χ0) is 14.4. The minimum Gasteiger partial charge on any atom is -0.459 e. The molecule has 1 heterocycles. The number of fused-ring (bicyclic) bond motifs is 1. The average Bonchev–Trinajstić information content (AvgIpc) is 2.80. The van der Waals surface area contributed by atoms with E-state index in [1.807, 2.05) is 23.9 Å². The van der Waals surface area contributed by atoms with Crippen LogP contribution in [0.25, 0.3) is 11.0 Å². The molecule has 0 radical (unpaired) electrons.